The summed E-state index contributed by atoms with van der Waals surface area (Å²) < 4.78 is 0. The monoisotopic (exact) mass is 218 g/mol. The Morgan fingerprint density at radius 2 is 1.88 bits per heavy atom. The molecule has 0 fully saturated rings. The summed E-state index contributed by atoms with van der Waals surface area (Å²) >= 11 is 0. The van der Waals surface area contributed by atoms with Crippen molar-refractivity contribution in [2.75, 3.05) is 0 Å². The molecule has 16 heavy (non-hydrogen) atoms. The molecule has 2 heterocycles. The molecule has 4 heteroatoms. The summed E-state index contributed by atoms with van der Waals surface area (Å²) in [5.41, 5.74) is 1.64. The Hall–Kier alpha value is -1.45. The number of rotatable bonds is 1. The third-order valence-electron chi connectivity index (χ3n) is 2.48. The number of hydrogen-bond acceptors (Lipinski definition) is 3. The van der Waals surface area contributed by atoms with E-state index in [1.54, 1.807) is 0 Å². The van der Waals surface area contributed by atoms with Crippen LogP contribution in [0.4, 0.5) is 0 Å². The zero-order valence-electron chi connectivity index (χ0n) is 10.5. The second-order valence-electron chi connectivity index (χ2n) is 5.46. The third kappa shape index (κ3) is 1.92. The number of aromatic nitrogens is 4. The van der Waals surface area contributed by atoms with Crippen LogP contribution in [0.1, 0.15) is 52.2 Å². The van der Waals surface area contributed by atoms with Crippen molar-refractivity contribution >= 4 is 11.2 Å². The molecule has 2 aromatic rings. The van der Waals surface area contributed by atoms with Crippen molar-refractivity contribution in [1.82, 2.24) is 19.9 Å². The molecule has 0 aliphatic carbocycles. The molecular formula is C12H18N4. The largest absolute Gasteiger partial charge is 0.339 e. The van der Waals surface area contributed by atoms with E-state index in [9.17, 15) is 0 Å². The van der Waals surface area contributed by atoms with Gasteiger partial charge >= 0.3 is 0 Å². The number of imidazole rings is 1. The molecule has 2 rings (SSSR count). The smallest absolute Gasteiger partial charge is 0.181 e. The number of fused-ring (bicyclic) bond motifs is 1. The van der Waals surface area contributed by atoms with Crippen LogP contribution < -0.4 is 0 Å². The summed E-state index contributed by atoms with van der Waals surface area (Å²) in [5.74, 6) is 2.18. The lowest BCUT2D eigenvalue weighted by atomic mass is 9.96. The molecule has 4 nitrogen and oxygen atoms in total. The summed E-state index contributed by atoms with van der Waals surface area (Å²) in [6.45, 7) is 10.5. The van der Waals surface area contributed by atoms with Crippen molar-refractivity contribution in [3.05, 3.63) is 17.8 Å². The van der Waals surface area contributed by atoms with Gasteiger partial charge in [0.25, 0.3) is 0 Å². The first-order valence-electron chi connectivity index (χ1n) is 5.61. The van der Waals surface area contributed by atoms with Gasteiger partial charge in [0.2, 0.25) is 0 Å². The standard InChI is InChI=1S/C12H18N4/c1-7(2)9-14-8-6-13-11(12(3,4)5)16-10(8)15-9/h6-7H,1-5H3,(H,13,14,15,16). The van der Waals surface area contributed by atoms with E-state index in [1.165, 1.54) is 0 Å². The average Bonchev–Trinajstić information content (AvgIpc) is 2.58. The fraction of sp³-hybridized carbons (Fsp3) is 0.583. The first-order valence-corrected chi connectivity index (χ1v) is 5.61. The number of nitrogens with zero attached hydrogens (tertiary/aromatic N) is 3. The highest BCUT2D eigenvalue weighted by Gasteiger charge is 2.18. The molecule has 0 saturated heterocycles. The quantitative estimate of drug-likeness (QED) is 0.800. The van der Waals surface area contributed by atoms with Crippen LogP contribution in [-0.4, -0.2) is 19.9 Å². The third-order valence-corrected chi connectivity index (χ3v) is 2.48. The van der Waals surface area contributed by atoms with E-state index in [0.29, 0.717) is 5.92 Å². The number of H-pyrrole nitrogens is 1. The van der Waals surface area contributed by atoms with E-state index >= 15 is 0 Å². The molecule has 1 N–H and O–H groups in total. The summed E-state index contributed by atoms with van der Waals surface area (Å²) in [6, 6.07) is 0. The van der Waals surface area contributed by atoms with Gasteiger partial charge in [-0.25, -0.2) is 15.0 Å². The highest BCUT2D eigenvalue weighted by atomic mass is 15.0. The molecule has 0 bridgehead atoms. The maximum atomic E-state index is 4.50. The van der Waals surface area contributed by atoms with Gasteiger partial charge in [-0.15, -0.1) is 0 Å². The van der Waals surface area contributed by atoms with Crippen LogP contribution in [0.2, 0.25) is 0 Å². The molecule has 0 atom stereocenters. The van der Waals surface area contributed by atoms with E-state index in [4.69, 9.17) is 0 Å². The van der Waals surface area contributed by atoms with Crippen molar-refractivity contribution in [3.63, 3.8) is 0 Å². The van der Waals surface area contributed by atoms with Crippen LogP contribution in [-0.2, 0) is 5.41 Å². The minimum absolute atomic E-state index is 0.0366. The first kappa shape index (κ1) is 11.0. The predicted octanol–water partition coefficient (Wildman–Crippen LogP) is 2.77. The lowest BCUT2D eigenvalue weighted by molar-refractivity contribution is 0.548. The van der Waals surface area contributed by atoms with Crippen LogP contribution in [0.5, 0.6) is 0 Å². The van der Waals surface area contributed by atoms with Crippen molar-refractivity contribution in [1.29, 1.82) is 0 Å². The molecule has 0 aliphatic heterocycles. The lowest BCUT2D eigenvalue weighted by Crippen LogP contribution is -2.15. The minimum Gasteiger partial charge on any atom is -0.339 e. The Labute approximate surface area is 95.5 Å². The van der Waals surface area contributed by atoms with Crippen LogP contribution in [0.3, 0.4) is 0 Å². The number of nitrogens with one attached hydrogen (secondary N) is 1. The van der Waals surface area contributed by atoms with E-state index in [-0.39, 0.29) is 5.41 Å². The Morgan fingerprint density at radius 3 is 2.44 bits per heavy atom. The Kier molecular flexibility index (Phi) is 2.45. The molecule has 0 aromatic carbocycles. The molecule has 0 aliphatic rings. The molecule has 0 saturated carbocycles. The van der Waals surface area contributed by atoms with Crippen molar-refractivity contribution < 1.29 is 0 Å². The van der Waals surface area contributed by atoms with Crippen molar-refractivity contribution in [2.45, 2.75) is 46.0 Å². The van der Waals surface area contributed by atoms with Crippen molar-refractivity contribution in [2.24, 2.45) is 0 Å². The molecule has 0 spiro atoms. The zero-order chi connectivity index (χ0) is 11.9. The van der Waals surface area contributed by atoms with Crippen LogP contribution >= 0.6 is 0 Å². The van der Waals surface area contributed by atoms with Gasteiger partial charge in [0.15, 0.2) is 5.65 Å². The molecule has 86 valence electrons. The summed E-state index contributed by atoms with van der Waals surface area (Å²) in [5, 5.41) is 0. The number of aromatic amines is 1. The SMILES string of the molecule is CC(C)c1nc2nc(C(C)(C)C)ncc2[nH]1. The van der Waals surface area contributed by atoms with Crippen LogP contribution in [0.15, 0.2) is 6.20 Å². The highest BCUT2D eigenvalue weighted by Crippen LogP contribution is 2.20. The molecule has 0 amide bonds. The first-order chi connectivity index (χ1) is 7.38. The minimum atomic E-state index is -0.0366. The second-order valence-corrected chi connectivity index (χ2v) is 5.46. The maximum absolute atomic E-state index is 4.50. The Bertz CT molecular complexity index is 505. The molecule has 0 unspecified atom stereocenters. The second kappa shape index (κ2) is 3.54. The predicted molar refractivity (Wildman–Crippen MR) is 64.5 cm³/mol. The Balaban J connectivity index is 2.54. The van der Waals surface area contributed by atoms with Gasteiger partial charge in [0, 0.05) is 11.3 Å². The fourth-order valence-electron chi connectivity index (χ4n) is 1.46. The van der Waals surface area contributed by atoms with Gasteiger partial charge in [-0.1, -0.05) is 34.6 Å². The lowest BCUT2D eigenvalue weighted by Gasteiger charge is -2.15. The van der Waals surface area contributed by atoms with E-state index in [0.717, 1.165) is 22.8 Å². The zero-order valence-corrected chi connectivity index (χ0v) is 10.5. The number of hydrogen-bond donors (Lipinski definition) is 1. The van der Waals surface area contributed by atoms with E-state index in [2.05, 4.69) is 54.6 Å². The van der Waals surface area contributed by atoms with E-state index < -0.39 is 0 Å². The van der Waals surface area contributed by atoms with Gasteiger partial charge in [0.1, 0.15) is 17.2 Å². The summed E-state index contributed by atoms with van der Waals surface area (Å²) in [4.78, 5) is 16.6. The van der Waals surface area contributed by atoms with Gasteiger partial charge in [0.05, 0.1) is 6.20 Å². The molecular weight excluding hydrogens is 200 g/mol. The highest BCUT2D eigenvalue weighted by molar-refractivity contribution is 5.69. The van der Waals surface area contributed by atoms with Gasteiger partial charge in [-0.2, -0.15) is 0 Å². The van der Waals surface area contributed by atoms with Crippen LogP contribution in [0, 0.1) is 0 Å². The van der Waals surface area contributed by atoms with Gasteiger partial charge < -0.3 is 4.98 Å². The summed E-state index contributed by atoms with van der Waals surface area (Å²) in [7, 11) is 0. The normalized spacial score (nSPS) is 12.6. The van der Waals surface area contributed by atoms with Crippen molar-refractivity contribution in [3.8, 4) is 0 Å². The fourth-order valence-corrected chi connectivity index (χ4v) is 1.46. The molecule has 0 radical (unpaired) electrons. The van der Waals surface area contributed by atoms with Gasteiger partial charge in [-0.05, 0) is 0 Å². The van der Waals surface area contributed by atoms with E-state index in [1.807, 2.05) is 6.20 Å². The molecule has 2 aromatic heterocycles. The Morgan fingerprint density at radius 1 is 1.19 bits per heavy atom. The topological polar surface area (TPSA) is 54.5 Å². The van der Waals surface area contributed by atoms with Gasteiger partial charge in [-0.3, -0.25) is 0 Å². The maximum Gasteiger partial charge on any atom is 0.181 e. The average molecular weight is 218 g/mol. The van der Waals surface area contributed by atoms with Crippen LogP contribution in [0.25, 0.3) is 11.2 Å². The summed E-state index contributed by atoms with van der Waals surface area (Å²) in [6.07, 6.45) is 1.82.